The molecule has 5 nitrogen and oxygen atoms in total. The van der Waals surface area contributed by atoms with Gasteiger partial charge in [0, 0.05) is 31.2 Å². The summed E-state index contributed by atoms with van der Waals surface area (Å²) < 4.78 is 2.15. The Kier molecular flexibility index (Phi) is 4.34. The number of halogens is 1. The first-order chi connectivity index (χ1) is 9.47. The van der Waals surface area contributed by atoms with Crippen LogP contribution in [0.15, 0.2) is 45.7 Å². The highest BCUT2D eigenvalue weighted by Crippen LogP contribution is 2.12. The molecule has 0 N–H and O–H groups in total. The van der Waals surface area contributed by atoms with E-state index in [2.05, 4.69) is 21.0 Å². The summed E-state index contributed by atoms with van der Waals surface area (Å²) in [4.78, 5) is 25.0. The fourth-order valence-corrected chi connectivity index (χ4v) is 2.01. The Morgan fingerprint density at radius 3 is 2.50 bits per heavy atom. The van der Waals surface area contributed by atoms with E-state index >= 15 is 0 Å². The molecule has 0 aliphatic rings. The lowest BCUT2D eigenvalue weighted by molar-refractivity contribution is 0.0776. The maximum atomic E-state index is 12.2. The van der Waals surface area contributed by atoms with Crippen molar-refractivity contribution in [1.29, 1.82) is 0 Å². The second-order valence-electron chi connectivity index (χ2n) is 4.47. The van der Waals surface area contributed by atoms with Gasteiger partial charge >= 0.3 is 0 Å². The van der Waals surface area contributed by atoms with Crippen LogP contribution in [-0.4, -0.2) is 27.6 Å². The quantitative estimate of drug-likeness (QED) is 0.859. The summed E-state index contributed by atoms with van der Waals surface area (Å²) >= 11 is 3.37. The van der Waals surface area contributed by atoms with Crippen molar-refractivity contribution in [3.05, 3.63) is 62.5 Å². The fraction of sp³-hybridized carbons (Fsp3) is 0.214. The van der Waals surface area contributed by atoms with Crippen LogP contribution in [0, 0.1) is 0 Å². The van der Waals surface area contributed by atoms with Crippen LogP contribution in [0.1, 0.15) is 16.1 Å². The minimum atomic E-state index is -0.239. The number of benzene rings is 1. The summed E-state index contributed by atoms with van der Waals surface area (Å²) in [5.74, 6) is -0.219. The fourth-order valence-electron chi connectivity index (χ4n) is 1.75. The molecule has 1 aromatic heterocycles. The van der Waals surface area contributed by atoms with Gasteiger partial charge in [0.05, 0.1) is 0 Å². The molecule has 2 rings (SSSR count). The van der Waals surface area contributed by atoms with Gasteiger partial charge in [0.1, 0.15) is 5.69 Å². The third-order valence-corrected chi connectivity index (χ3v) is 3.39. The minimum Gasteiger partial charge on any atom is -0.336 e. The van der Waals surface area contributed by atoms with Crippen molar-refractivity contribution >= 4 is 21.8 Å². The molecule has 0 aliphatic carbocycles. The van der Waals surface area contributed by atoms with Crippen LogP contribution in [0.5, 0.6) is 0 Å². The molecule has 6 heteroatoms. The normalized spacial score (nSPS) is 10.3. The molecule has 0 radical (unpaired) electrons. The number of rotatable bonds is 3. The molecule has 1 aromatic carbocycles. The van der Waals surface area contributed by atoms with Crippen molar-refractivity contribution in [1.82, 2.24) is 14.7 Å². The van der Waals surface area contributed by atoms with Gasteiger partial charge in [-0.3, -0.25) is 9.59 Å². The number of carbonyl (C=O) groups excluding carboxylic acids is 1. The van der Waals surface area contributed by atoms with Gasteiger partial charge in [-0.15, -0.1) is 0 Å². The zero-order chi connectivity index (χ0) is 14.7. The standard InChI is InChI=1S/C14H14BrN3O2/c1-17(9-10-3-5-11(15)6-4-10)14(20)12-7-8-13(19)18(2)16-12/h3-8H,9H2,1-2H3. The van der Waals surface area contributed by atoms with Crippen LogP contribution in [-0.2, 0) is 13.6 Å². The predicted octanol–water partition coefficient (Wildman–Crippen LogP) is 1.81. The predicted molar refractivity (Wildman–Crippen MR) is 79.4 cm³/mol. The molecule has 0 bridgehead atoms. The third-order valence-electron chi connectivity index (χ3n) is 2.86. The smallest absolute Gasteiger partial charge is 0.274 e. The number of nitrogens with zero attached hydrogens (tertiary/aromatic N) is 3. The van der Waals surface area contributed by atoms with Gasteiger partial charge in [-0.2, -0.15) is 5.10 Å². The molecule has 0 unspecified atom stereocenters. The van der Waals surface area contributed by atoms with Crippen molar-refractivity contribution in [2.45, 2.75) is 6.54 Å². The Balaban J connectivity index is 2.13. The van der Waals surface area contributed by atoms with E-state index in [1.165, 1.54) is 19.2 Å². The van der Waals surface area contributed by atoms with E-state index in [1.807, 2.05) is 24.3 Å². The first kappa shape index (κ1) is 14.5. The maximum Gasteiger partial charge on any atom is 0.274 e. The summed E-state index contributed by atoms with van der Waals surface area (Å²) in [6.45, 7) is 0.483. The van der Waals surface area contributed by atoms with Gasteiger partial charge in [0.2, 0.25) is 0 Å². The molecule has 0 fully saturated rings. The number of carbonyl (C=O) groups is 1. The zero-order valence-electron chi connectivity index (χ0n) is 11.2. The molecule has 0 aliphatic heterocycles. The molecule has 20 heavy (non-hydrogen) atoms. The molecule has 0 saturated carbocycles. The Morgan fingerprint density at radius 1 is 1.25 bits per heavy atom. The van der Waals surface area contributed by atoms with E-state index in [9.17, 15) is 9.59 Å². The second kappa shape index (κ2) is 6.00. The Hall–Kier alpha value is -1.95. The van der Waals surface area contributed by atoms with Gasteiger partial charge < -0.3 is 4.90 Å². The van der Waals surface area contributed by atoms with Crippen LogP contribution in [0.4, 0.5) is 0 Å². The first-order valence-electron chi connectivity index (χ1n) is 6.01. The van der Waals surface area contributed by atoms with Gasteiger partial charge in [-0.1, -0.05) is 28.1 Å². The van der Waals surface area contributed by atoms with Crippen molar-refractivity contribution in [3.63, 3.8) is 0 Å². The molecular formula is C14H14BrN3O2. The van der Waals surface area contributed by atoms with E-state index in [0.717, 1.165) is 14.7 Å². The van der Waals surface area contributed by atoms with Crippen LogP contribution in [0.2, 0.25) is 0 Å². The Morgan fingerprint density at radius 2 is 1.90 bits per heavy atom. The van der Waals surface area contributed by atoms with Crippen molar-refractivity contribution in [2.24, 2.45) is 7.05 Å². The van der Waals surface area contributed by atoms with Crippen molar-refractivity contribution < 1.29 is 4.79 Å². The van der Waals surface area contributed by atoms with Crippen LogP contribution < -0.4 is 5.56 Å². The van der Waals surface area contributed by atoms with Crippen LogP contribution >= 0.6 is 15.9 Å². The highest BCUT2D eigenvalue weighted by Gasteiger charge is 2.14. The SMILES string of the molecule is CN(Cc1ccc(Br)cc1)C(=O)c1ccc(=O)n(C)n1. The van der Waals surface area contributed by atoms with Gasteiger partial charge in [0.25, 0.3) is 11.5 Å². The molecule has 1 amide bonds. The summed E-state index contributed by atoms with van der Waals surface area (Å²) in [5.41, 5.74) is 1.04. The topological polar surface area (TPSA) is 55.2 Å². The lowest BCUT2D eigenvalue weighted by Crippen LogP contribution is -2.30. The van der Waals surface area contributed by atoms with Gasteiger partial charge in [0.15, 0.2) is 0 Å². The Labute approximate surface area is 125 Å². The largest absolute Gasteiger partial charge is 0.336 e. The molecule has 0 atom stereocenters. The molecule has 104 valence electrons. The van der Waals surface area contributed by atoms with E-state index in [4.69, 9.17) is 0 Å². The Bertz CT molecular complexity index is 680. The summed E-state index contributed by atoms with van der Waals surface area (Å²) in [6.07, 6.45) is 0. The zero-order valence-corrected chi connectivity index (χ0v) is 12.8. The lowest BCUT2D eigenvalue weighted by Gasteiger charge is -2.17. The van der Waals surface area contributed by atoms with Crippen LogP contribution in [0.25, 0.3) is 0 Å². The van der Waals surface area contributed by atoms with Gasteiger partial charge in [-0.05, 0) is 23.8 Å². The maximum absolute atomic E-state index is 12.2. The molecular weight excluding hydrogens is 322 g/mol. The monoisotopic (exact) mass is 335 g/mol. The van der Waals surface area contributed by atoms with Crippen LogP contribution in [0.3, 0.4) is 0 Å². The van der Waals surface area contributed by atoms with E-state index in [0.29, 0.717) is 6.54 Å². The summed E-state index contributed by atoms with van der Waals surface area (Å²) in [5, 5.41) is 3.95. The molecule has 0 spiro atoms. The van der Waals surface area contributed by atoms with E-state index in [-0.39, 0.29) is 17.2 Å². The third kappa shape index (κ3) is 3.33. The van der Waals surface area contributed by atoms with Crippen molar-refractivity contribution in [3.8, 4) is 0 Å². The van der Waals surface area contributed by atoms with E-state index < -0.39 is 0 Å². The number of aromatic nitrogens is 2. The number of hydrogen-bond donors (Lipinski definition) is 0. The highest BCUT2D eigenvalue weighted by molar-refractivity contribution is 9.10. The average molecular weight is 336 g/mol. The summed E-state index contributed by atoms with van der Waals surface area (Å²) in [7, 11) is 3.23. The average Bonchev–Trinajstić information content (AvgIpc) is 2.43. The van der Waals surface area contributed by atoms with Crippen molar-refractivity contribution in [2.75, 3.05) is 7.05 Å². The number of aryl methyl sites for hydroxylation is 1. The number of amides is 1. The lowest BCUT2D eigenvalue weighted by atomic mass is 10.2. The van der Waals surface area contributed by atoms with Gasteiger partial charge in [-0.25, -0.2) is 4.68 Å². The highest BCUT2D eigenvalue weighted by atomic mass is 79.9. The molecule has 1 heterocycles. The number of hydrogen-bond acceptors (Lipinski definition) is 3. The summed E-state index contributed by atoms with van der Waals surface area (Å²) in [6, 6.07) is 10.5. The molecule has 2 aromatic rings. The first-order valence-corrected chi connectivity index (χ1v) is 6.81. The molecule has 0 saturated heterocycles. The second-order valence-corrected chi connectivity index (χ2v) is 5.38. The van der Waals surface area contributed by atoms with E-state index in [1.54, 1.807) is 11.9 Å². The minimum absolute atomic E-state index is 0.219.